The molecule has 2 aromatic carbocycles. The van der Waals surface area contributed by atoms with Crippen molar-refractivity contribution in [2.45, 2.75) is 48.8 Å². The summed E-state index contributed by atoms with van der Waals surface area (Å²) in [5.74, 6) is 0. The van der Waals surface area contributed by atoms with E-state index in [0.29, 0.717) is 38.2 Å². The summed E-state index contributed by atoms with van der Waals surface area (Å²) < 4.78 is 55.3. The van der Waals surface area contributed by atoms with E-state index < -0.39 is 20.0 Å². The number of rotatable bonds is 4. The number of piperidine rings is 1. The molecule has 1 fully saturated rings. The minimum Gasteiger partial charge on any atom is -0.266 e. The van der Waals surface area contributed by atoms with Crippen molar-refractivity contribution in [2.24, 2.45) is 0 Å². The van der Waals surface area contributed by atoms with Crippen molar-refractivity contribution < 1.29 is 16.8 Å². The van der Waals surface area contributed by atoms with Crippen molar-refractivity contribution in [3.63, 3.8) is 0 Å². The van der Waals surface area contributed by atoms with Crippen LogP contribution in [0, 0.1) is 6.92 Å². The highest BCUT2D eigenvalue weighted by Gasteiger charge is 2.31. The van der Waals surface area contributed by atoms with Crippen LogP contribution in [0.3, 0.4) is 0 Å². The van der Waals surface area contributed by atoms with E-state index in [4.69, 9.17) is 0 Å². The lowest BCUT2D eigenvalue weighted by atomic mass is 10.0. The molecule has 8 heteroatoms. The van der Waals surface area contributed by atoms with Crippen molar-refractivity contribution in [1.29, 1.82) is 0 Å². The maximum atomic E-state index is 13.2. The molecule has 0 N–H and O–H groups in total. The van der Waals surface area contributed by atoms with Crippen molar-refractivity contribution >= 4 is 25.7 Å². The molecule has 0 bridgehead atoms. The van der Waals surface area contributed by atoms with Crippen LogP contribution in [0.2, 0.25) is 0 Å². The first kappa shape index (κ1) is 20.4. The van der Waals surface area contributed by atoms with E-state index in [1.54, 1.807) is 46.8 Å². The lowest BCUT2D eigenvalue weighted by Crippen LogP contribution is -2.37. The highest BCUT2D eigenvalue weighted by Crippen LogP contribution is 2.34. The fourth-order valence-corrected chi connectivity index (χ4v) is 7.15. The molecule has 0 aliphatic carbocycles. The van der Waals surface area contributed by atoms with E-state index in [-0.39, 0.29) is 9.79 Å². The van der Waals surface area contributed by atoms with Crippen LogP contribution >= 0.6 is 0 Å². The van der Waals surface area contributed by atoms with Gasteiger partial charge >= 0.3 is 0 Å². The average molecular weight is 435 g/mol. The number of hydrogen-bond donors (Lipinski definition) is 0. The molecule has 1 saturated heterocycles. The maximum Gasteiger partial charge on any atom is 0.264 e. The van der Waals surface area contributed by atoms with E-state index in [0.717, 1.165) is 30.4 Å². The van der Waals surface area contributed by atoms with E-state index in [9.17, 15) is 16.8 Å². The molecule has 2 aliphatic heterocycles. The molecule has 0 radical (unpaired) electrons. The molecule has 0 aromatic heterocycles. The molecular formula is C21H26N2O4S2. The zero-order valence-electron chi connectivity index (χ0n) is 16.5. The molecule has 0 unspecified atom stereocenters. The van der Waals surface area contributed by atoms with Gasteiger partial charge in [-0.1, -0.05) is 24.1 Å². The Morgan fingerprint density at radius 3 is 2.07 bits per heavy atom. The molecule has 29 heavy (non-hydrogen) atoms. The second kappa shape index (κ2) is 7.74. The van der Waals surface area contributed by atoms with Crippen LogP contribution in [0.25, 0.3) is 0 Å². The van der Waals surface area contributed by atoms with E-state index in [1.165, 1.54) is 4.31 Å². The Morgan fingerprint density at radius 1 is 0.724 bits per heavy atom. The fourth-order valence-electron chi connectivity index (χ4n) is 4.04. The smallest absolute Gasteiger partial charge is 0.264 e. The lowest BCUT2D eigenvalue weighted by molar-refractivity contribution is 0.346. The largest absolute Gasteiger partial charge is 0.266 e. The van der Waals surface area contributed by atoms with Gasteiger partial charge in [-0.15, -0.1) is 0 Å². The summed E-state index contributed by atoms with van der Waals surface area (Å²) in [6.45, 7) is 3.40. The topological polar surface area (TPSA) is 74.8 Å². The molecular weight excluding hydrogens is 408 g/mol. The summed E-state index contributed by atoms with van der Waals surface area (Å²) in [5, 5.41) is 0. The quantitative estimate of drug-likeness (QED) is 0.740. The Morgan fingerprint density at radius 2 is 1.38 bits per heavy atom. The minimum atomic E-state index is -3.69. The Kier molecular flexibility index (Phi) is 5.44. The van der Waals surface area contributed by atoms with Gasteiger partial charge in [-0.05, 0) is 68.5 Å². The summed E-state index contributed by atoms with van der Waals surface area (Å²) in [5.41, 5.74) is 2.34. The number of anilines is 1. The minimum absolute atomic E-state index is 0.251. The van der Waals surface area contributed by atoms with Gasteiger partial charge in [0.05, 0.1) is 15.5 Å². The summed E-state index contributed by atoms with van der Waals surface area (Å²) in [6.07, 6.45) is 4.14. The fraction of sp³-hybridized carbons (Fsp3) is 0.429. The van der Waals surface area contributed by atoms with Gasteiger partial charge in [-0.2, -0.15) is 4.31 Å². The average Bonchev–Trinajstić information content (AvgIpc) is 2.73. The van der Waals surface area contributed by atoms with Crippen molar-refractivity contribution in [3.05, 3.63) is 53.6 Å². The monoisotopic (exact) mass is 434 g/mol. The van der Waals surface area contributed by atoms with Gasteiger partial charge in [-0.25, -0.2) is 16.8 Å². The molecule has 0 atom stereocenters. The zero-order valence-corrected chi connectivity index (χ0v) is 18.2. The molecule has 2 heterocycles. The first-order valence-corrected chi connectivity index (χ1v) is 12.9. The van der Waals surface area contributed by atoms with Crippen LogP contribution in [-0.4, -0.2) is 40.8 Å². The van der Waals surface area contributed by atoms with E-state index >= 15 is 0 Å². The van der Waals surface area contributed by atoms with Gasteiger partial charge in [-0.3, -0.25) is 4.31 Å². The van der Waals surface area contributed by atoms with Crippen LogP contribution in [0.5, 0.6) is 0 Å². The van der Waals surface area contributed by atoms with Crippen molar-refractivity contribution in [1.82, 2.24) is 4.31 Å². The number of fused-ring (bicyclic) bond motifs is 1. The summed E-state index contributed by atoms with van der Waals surface area (Å²) >= 11 is 0. The standard InChI is InChI=1S/C21H26N2O4S2/c1-17-7-9-19(10-8-17)29(26,27)23-15-5-6-18-16-20(11-12-21(18)23)28(24,25)22-13-3-2-4-14-22/h7-12,16H,2-6,13-15H2,1H3. The second-order valence-electron chi connectivity index (χ2n) is 7.75. The Hall–Kier alpha value is -1.90. The highest BCUT2D eigenvalue weighted by atomic mass is 32.2. The zero-order chi connectivity index (χ0) is 20.6. The molecule has 0 saturated carbocycles. The SMILES string of the molecule is Cc1ccc(S(=O)(=O)N2CCCc3cc(S(=O)(=O)N4CCCCC4)ccc32)cc1. The third-order valence-electron chi connectivity index (χ3n) is 5.69. The van der Waals surface area contributed by atoms with Crippen molar-refractivity contribution in [2.75, 3.05) is 23.9 Å². The van der Waals surface area contributed by atoms with Crippen LogP contribution in [0.4, 0.5) is 5.69 Å². The Labute approximate surface area is 173 Å². The Balaban J connectivity index is 1.69. The summed E-state index contributed by atoms with van der Waals surface area (Å²) in [7, 11) is -7.23. The third-order valence-corrected chi connectivity index (χ3v) is 9.41. The predicted octanol–water partition coefficient (Wildman–Crippen LogP) is 3.31. The number of hydrogen-bond acceptors (Lipinski definition) is 4. The molecule has 0 spiro atoms. The maximum absolute atomic E-state index is 13.2. The number of aryl methyl sites for hydroxylation is 2. The second-order valence-corrected chi connectivity index (χ2v) is 11.5. The molecule has 6 nitrogen and oxygen atoms in total. The summed E-state index contributed by atoms with van der Waals surface area (Å²) in [6, 6.07) is 11.7. The molecule has 2 aliphatic rings. The van der Waals surface area contributed by atoms with Crippen LogP contribution in [0.1, 0.15) is 36.8 Å². The molecule has 0 amide bonds. The molecule has 2 aromatic rings. The van der Waals surface area contributed by atoms with Gasteiger partial charge in [0, 0.05) is 19.6 Å². The first-order valence-electron chi connectivity index (χ1n) is 10.0. The van der Waals surface area contributed by atoms with Crippen LogP contribution in [-0.2, 0) is 26.5 Å². The number of sulfonamides is 2. The van der Waals surface area contributed by atoms with Gasteiger partial charge in [0.1, 0.15) is 0 Å². The molecule has 156 valence electrons. The molecule has 4 rings (SSSR count). The van der Waals surface area contributed by atoms with Crippen molar-refractivity contribution in [3.8, 4) is 0 Å². The van der Waals surface area contributed by atoms with Gasteiger partial charge in [0.2, 0.25) is 10.0 Å². The van der Waals surface area contributed by atoms with Crippen LogP contribution < -0.4 is 4.31 Å². The third kappa shape index (κ3) is 3.81. The number of benzene rings is 2. The predicted molar refractivity (Wildman–Crippen MR) is 113 cm³/mol. The van der Waals surface area contributed by atoms with E-state index in [2.05, 4.69) is 0 Å². The van der Waals surface area contributed by atoms with Gasteiger partial charge in [0.15, 0.2) is 0 Å². The van der Waals surface area contributed by atoms with E-state index in [1.807, 2.05) is 6.92 Å². The highest BCUT2D eigenvalue weighted by molar-refractivity contribution is 7.92. The first-order chi connectivity index (χ1) is 13.8. The van der Waals surface area contributed by atoms with Gasteiger partial charge < -0.3 is 0 Å². The lowest BCUT2D eigenvalue weighted by Gasteiger charge is -2.31. The Bertz CT molecular complexity index is 1100. The summed E-state index contributed by atoms with van der Waals surface area (Å²) in [4.78, 5) is 0.508. The number of nitrogens with zero attached hydrogens (tertiary/aromatic N) is 2. The van der Waals surface area contributed by atoms with Crippen LogP contribution in [0.15, 0.2) is 52.3 Å². The van der Waals surface area contributed by atoms with Gasteiger partial charge in [0.25, 0.3) is 10.0 Å². The normalized spacial score (nSPS) is 18.4.